The smallest absolute Gasteiger partial charge is 0.137 e. The van der Waals surface area contributed by atoms with Crippen LogP contribution in [-0.2, 0) is 6.54 Å². The van der Waals surface area contributed by atoms with Crippen molar-refractivity contribution < 1.29 is 4.74 Å². The third kappa shape index (κ3) is 6.27. The Kier molecular flexibility index (Phi) is 6.63. The number of pyridine rings is 1. The Hall–Kier alpha value is -1.09. The molecule has 0 saturated heterocycles. The molecule has 0 saturated carbocycles. The first-order valence-electron chi connectivity index (χ1n) is 6.50. The lowest BCUT2D eigenvalue weighted by molar-refractivity contribution is 0.296. The van der Waals surface area contributed by atoms with Gasteiger partial charge in [-0.15, -0.1) is 0 Å². The van der Waals surface area contributed by atoms with Gasteiger partial charge in [0.05, 0.1) is 18.5 Å². The van der Waals surface area contributed by atoms with Crippen molar-refractivity contribution >= 4 is 0 Å². The molecular formula is C14H24N2O. The summed E-state index contributed by atoms with van der Waals surface area (Å²) in [6.45, 7) is 9.13. The SMILES string of the molecule is CCNCc1ccc(OCCCC(C)C)cn1. The first kappa shape index (κ1) is 14.0. The molecule has 0 atom stereocenters. The lowest BCUT2D eigenvalue weighted by atomic mass is 10.1. The fourth-order valence-corrected chi connectivity index (χ4v) is 1.54. The fourth-order valence-electron chi connectivity index (χ4n) is 1.54. The van der Waals surface area contributed by atoms with Crippen LogP contribution < -0.4 is 10.1 Å². The second-order valence-electron chi connectivity index (χ2n) is 4.65. The van der Waals surface area contributed by atoms with E-state index in [9.17, 15) is 0 Å². The highest BCUT2D eigenvalue weighted by Gasteiger charge is 1.98. The standard InChI is InChI=1S/C14H24N2O/c1-4-15-10-13-7-8-14(11-16-13)17-9-5-6-12(2)3/h7-8,11-12,15H,4-6,9-10H2,1-3H3. The molecule has 1 rings (SSSR count). The van der Waals surface area contributed by atoms with E-state index in [1.807, 2.05) is 18.3 Å². The van der Waals surface area contributed by atoms with E-state index in [1.165, 1.54) is 6.42 Å². The maximum absolute atomic E-state index is 5.63. The van der Waals surface area contributed by atoms with Crippen molar-refractivity contribution in [3.05, 3.63) is 24.0 Å². The molecule has 1 heterocycles. The maximum atomic E-state index is 5.63. The molecule has 0 aliphatic rings. The number of aromatic nitrogens is 1. The molecule has 0 spiro atoms. The summed E-state index contributed by atoms with van der Waals surface area (Å²) in [4.78, 5) is 4.34. The van der Waals surface area contributed by atoms with Gasteiger partial charge in [0.1, 0.15) is 5.75 Å². The van der Waals surface area contributed by atoms with Crippen molar-refractivity contribution in [3.8, 4) is 5.75 Å². The summed E-state index contributed by atoms with van der Waals surface area (Å²) in [5.74, 6) is 1.62. The molecule has 0 bridgehead atoms. The number of nitrogens with one attached hydrogen (secondary N) is 1. The number of rotatable bonds is 8. The number of hydrogen-bond acceptors (Lipinski definition) is 3. The van der Waals surface area contributed by atoms with Crippen LogP contribution in [0.4, 0.5) is 0 Å². The highest BCUT2D eigenvalue weighted by molar-refractivity contribution is 5.19. The minimum atomic E-state index is 0.749. The molecule has 17 heavy (non-hydrogen) atoms. The molecule has 1 N–H and O–H groups in total. The Morgan fingerprint density at radius 1 is 1.35 bits per heavy atom. The summed E-state index contributed by atoms with van der Waals surface area (Å²) in [7, 11) is 0. The molecule has 0 amide bonds. The van der Waals surface area contributed by atoms with Crippen molar-refractivity contribution in [2.24, 2.45) is 5.92 Å². The Morgan fingerprint density at radius 3 is 2.76 bits per heavy atom. The fraction of sp³-hybridized carbons (Fsp3) is 0.643. The maximum Gasteiger partial charge on any atom is 0.137 e. The van der Waals surface area contributed by atoms with E-state index in [2.05, 4.69) is 31.1 Å². The predicted octanol–water partition coefficient (Wildman–Crippen LogP) is 3.01. The van der Waals surface area contributed by atoms with Gasteiger partial charge in [-0.2, -0.15) is 0 Å². The van der Waals surface area contributed by atoms with Crippen molar-refractivity contribution in [3.63, 3.8) is 0 Å². The zero-order valence-corrected chi connectivity index (χ0v) is 11.2. The molecule has 0 aliphatic carbocycles. The van der Waals surface area contributed by atoms with E-state index in [0.29, 0.717) is 0 Å². The molecule has 0 fully saturated rings. The quantitative estimate of drug-likeness (QED) is 0.705. The van der Waals surface area contributed by atoms with Crippen LogP contribution in [0.25, 0.3) is 0 Å². The van der Waals surface area contributed by atoms with E-state index in [-0.39, 0.29) is 0 Å². The second-order valence-corrected chi connectivity index (χ2v) is 4.65. The molecule has 0 radical (unpaired) electrons. The van der Waals surface area contributed by atoms with Crippen LogP contribution in [0.1, 0.15) is 39.3 Å². The van der Waals surface area contributed by atoms with Crippen LogP contribution in [-0.4, -0.2) is 18.1 Å². The second kappa shape index (κ2) is 8.07. The normalized spacial score (nSPS) is 10.8. The molecule has 0 aromatic carbocycles. The van der Waals surface area contributed by atoms with Crippen LogP contribution in [0, 0.1) is 5.92 Å². The summed E-state index contributed by atoms with van der Waals surface area (Å²) >= 11 is 0. The van der Waals surface area contributed by atoms with Crippen LogP contribution >= 0.6 is 0 Å². The Bertz CT molecular complexity index is 296. The topological polar surface area (TPSA) is 34.1 Å². The van der Waals surface area contributed by atoms with Gasteiger partial charge in [0.15, 0.2) is 0 Å². The molecule has 3 heteroatoms. The van der Waals surface area contributed by atoms with Gasteiger partial charge in [-0.1, -0.05) is 20.8 Å². The summed E-state index contributed by atoms with van der Waals surface area (Å²) < 4.78 is 5.63. The van der Waals surface area contributed by atoms with Crippen molar-refractivity contribution in [1.82, 2.24) is 10.3 Å². The van der Waals surface area contributed by atoms with Crippen molar-refractivity contribution in [2.45, 2.75) is 40.2 Å². The van der Waals surface area contributed by atoms with Gasteiger partial charge in [0, 0.05) is 6.54 Å². The molecule has 96 valence electrons. The van der Waals surface area contributed by atoms with E-state index in [1.54, 1.807) is 0 Å². The summed E-state index contributed by atoms with van der Waals surface area (Å²) in [5, 5.41) is 3.25. The highest BCUT2D eigenvalue weighted by atomic mass is 16.5. The average molecular weight is 236 g/mol. The number of nitrogens with zero attached hydrogens (tertiary/aromatic N) is 1. The molecule has 0 unspecified atom stereocenters. The summed E-state index contributed by atoms with van der Waals surface area (Å²) in [6.07, 6.45) is 4.13. The minimum absolute atomic E-state index is 0.749. The lowest BCUT2D eigenvalue weighted by Gasteiger charge is -2.08. The lowest BCUT2D eigenvalue weighted by Crippen LogP contribution is -2.12. The van der Waals surface area contributed by atoms with Crippen LogP contribution in [0.2, 0.25) is 0 Å². The third-order valence-corrected chi connectivity index (χ3v) is 2.55. The zero-order valence-electron chi connectivity index (χ0n) is 11.2. The monoisotopic (exact) mass is 236 g/mol. The van der Waals surface area contributed by atoms with Crippen LogP contribution in [0.3, 0.4) is 0 Å². The molecule has 3 nitrogen and oxygen atoms in total. The van der Waals surface area contributed by atoms with Crippen molar-refractivity contribution in [2.75, 3.05) is 13.2 Å². The van der Waals surface area contributed by atoms with E-state index in [0.717, 1.165) is 43.5 Å². The van der Waals surface area contributed by atoms with Gasteiger partial charge in [-0.25, -0.2) is 0 Å². The number of ether oxygens (including phenoxy) is 1. The van der Waals surface area contributed by atoms with Gasteiger partial charge in [-0.05, 0) is 37.4 Å². The van der Waals surface area contributed by atoms with Crippen LogP contribution in [0.5, 0.6) is 5.75 Å². The average Bonchev–Trinajstić information content (AvgIpc) is 2.33. The third-order valence-electron chi connectivity index (χ3n) is 2.55. The Morgan fingerprint density at radius 2 is 2.18 bits per heavy atom. The van der Waals surface area contributed by atoms with Gasteiger partial charge >= 0.3 is 0 Å². The predicted molar refractivity (Wildman–Crippen MR) is 71.2 cm³/mol. The van der Waals surface area contributed by atoms with Crippen LogP contribution in [0.15, 0.2) is 18.3 Å². The van der Waals surface area contributed by atoms with Crippen molar-refractivity contribution in [1.29, 1.82) is 0 Å². The molecule has 0 aliphatic heterocycles. The zero-order chi connectivity index (χ0) is 12.5. The van der Waals surface area contributed by atoms with Gasteiger partial charge in [0.2, 0.25) is 0 Å². The summed E-state index contributed by atoms with van der Waals surface area (Å²) in [5.41, 5.74) is 1.06. The van der Waals surface area contributed by atoms with Gasteiger partial charge in [0.25, 0.3) is 0 Å². The van der Waals surface area contributed by atoms with E-state index >= 15 is 0 Å². The molecule has 1 aromatic rings. The first-order chi connectivity index (χ1) is 8.22. The van der Waals surface area contributed by atoms with E-state index in [4.69, 9.17) is 4.74 Å². The molecule has 1 aromatic heterocycles. The first-order valence-corrected chi connectivity index (χ1v) is 6.50. The van der Waals surface area contributed by atoms with Gasteiger partial charge in [-0.3, -0.25) is 4.98 Å². The summed E-state index contributed by atoms with van der Waals surface area (Å²) in [6, 6.07) is 4.01. The van der Waals surface area contributed by atoms with Gasteiger partial charge < -0.3 is 10.1 Å². The van der Waals surface area contributed by atoms with E-state index < -0.39 is 0 Å². The minimum Gasteiger partial charge on any atom is -0.492 e. The highest BCUT2D eigenvalue weighted by Crippen LogP contribution is 2.11. The largest absolute Gasteiger partial charge is 0.492 e. The number of hydrogen-bond donors (Lipinski definition) is 1. The Balaban J connectivity index is 2.25. The Labute approximate surface area is 105 Å². The molecular weight excluding hydrogens is 212 g/mol.